The molecule has 146 valence electrons. The van der Waals surface area contributed by atoms with E-state index in [0.717, 1.165) is 0 Å². The van der Waals surface area contributed by atoms with Crippen molar-refractivity contribution in [3.8, 4) is 0 Å². The third-order valence-electron chi connectivity index (χ3n) is 3.57. The zero-order chi connectivity index (χ0) is 20.6. The summed E-state index contributed by atoms with van der Waals surface area (Å²) in [6.07, 6.45) is 5.38. The Morgan fingerprint density at radius 3 is 1.48 bits per heavy atom. The molecule has 0 unspecified atom stereocenters. The molecule has 0 aliphatic carbocycles. The van der Waals surface area contributed by atoms with E-state index < -0.39 is 11.8 Å². The highest BCUT2D eigenvalue weighted by atomic mass is 19.1. The topological polar surface area (TPSA) is 97.1 Å². The minimum absolute atomic E-state index is 0.0812. The number of carbonyl (C=O) groups excluding carboxylic acids is 2. The van der Waals surface area contributed by atoms with E-state index >= 15 is 0 Å². The fraction of sp³-hybridized carbons (Fsp3) is 0. The summed E-state index contributed by atoms with van der Waals surface area (Å²) in [4.78, 5) is 24.0. The summed E-state index contributed by atoms with van der Waals surface area (Å²) >= 11 is 0. The van der Waals surface area contributed by atoms with Crippen molar-refractivity contribution in [2.45, 2.75) is 0 Å². The average molecular weight is 396 g/mol. The van der Waals surface area contributed by atoms with Crippen molar-refractivity contribution in [1.29, 1.82) is 0 Å². The maximum absolute atomic E-state index is 12.9. The predicted molar refractivity (Wildman–Crippen MR) is 102 cm³/mol. The summed E-state index contributed by atoms with van der Waals surface area (Å²) in [5, 5.41) is 11.9. The molecule has 1 aromatic heterocycles. The van der Waals surface area contributed by atoms with Crippen molar-refractivity contribution < 1.29 is 23.0 Å². The summed E-state index contributed by atoms with van der Waals surface area (Å²) < 4.78 is 30.3. The molecule has 2 amide bonds. The van der Waals surface area contributed by atoms with E-state index in [1.807, 2.05) is 0 Å². The van der Waals surface area contributed by atoms with Crippen molar-refractivity contribution in [2.24, 2.45) is 0 Å². The molecule has 29 heavy (non-hydrogen) atoms. The van der Waals surface area contributed by atoms with Gasteiger partial charge in [0.2, 0.25) is 23.5 Å². The third kappa shape index (κ3) is 5.93. The maximum Gasteiger partial charge on any atom is 0.249 e. The molecule has 3 aromatic rings. The fourth-order valence-corrected chi connectivity index (χ4v) is 2.16. The Morgan fingerprint density at radius 2 is 1.10 bits per heavy atom. The van der Waals surface area contributed by atoms with Gasteiger partial charge < -0.3 is 10.6 Å². The lowest BCUT2D eigenvalue weighted by Gasteiger charge is -2.00. The van der Waals surface area contributed by atoms with Gasteiger partial charge in [-0.3, -0.25) is 9.59 Å². The van der Waals surface area contributed by atoms with Gasteiger partial charge in [-0.05, 0) is 57.9 Å². The minimum Gasteiger partial charge on any atom is -0.301 e. The lowest BCUT2D eigenvalue weighted by Crippen LogP contribution is -2.13. The standard InChI is InChI=1S/C20H14F2N4O3/c21-15-7-1-13(2-8-15)5-11-17(27)23-19-20(26-29-25-19)24-18(28)12-6-14-3-9-16(22)10-4-14/h1-12H,(H,23,25,27)(H,24,26,28). The van der Waals surface area contributed by atoms with E-state index in [1.165, 1.54) is 72.8 Å². The second kappa shape index (κ2) is 9.18. The van der Waals surface area contributed by atoms with Gasteiger partial charge in [0.15, 0.2) is 0 Å². The van der Waals surface area contributed by atoms with Crippen molar-refractivity contribution in [1.82, 2.24) is 10.3 Å². The van der Waals surface area contributed by atoms with E-state index in [1.54, 1.807) is 0 Å². The highest BCUT2D eigenvalue weighted by Gasteiger charge is 2.13. The van der Waals surface area contributed by atoms with Gasteiger partial charge in [0.05, 0.1) is 0 Å². The number of halogens is 2. The van der Waals surface area contributed by atoms with Crippen LogP contribution in [0.5, 0.6) is 0 Å². The first kappa shape index (κ1) is 19.6. The van der Waals surface area contributed by atoms with Gasteiger partial charge >= 0.3 is 0 Å². The smallest absolute Gasteiger partial charge is 0.249 e. The zero-order valence-corrected chi connectivity index (χ0v) is 14.8. The number of anilines is 2. The number of nitrogens with zero attached hydrogens (tertiary/aromatic N) is 2. The number of carbonyl (C=O) groups is 2. The Bertz CT molecular complexity index is 974. The van der Waals surface area contributed by atoms with Gasteiger partial charge in [0.1, 0.15) is 11.6 Å². The van der Waals surface area contributed by atoms with Crippen LogP contribution in [0.15, 0.2) is 65.3 Å². The number of benzene rings is 2. The molecule has 0 atom stereocenters. The summed E-state index contributed by atoms with van der Waals surface area (Å²) in [5.41, 5.74) is 1.25. The Balaban J connectivity index is 1.58. The first-order chi connectivity index (χ1) is 14.0. The molecule has 0 saturated carbocycles. The van der Waals surface area contributed by atoms with Gasteiger partial charge in [-0.1, -0.05) is 24.3 Å². The summed E-state index contributed by atoms with van der Waals surface area (Å²) in [5.74, 6) is -2.03. The van der Waals surface area contributed by atoms with Crippen LogP contribution in [0.4, 0.5) is 20.4 Å². The minimum atomic E-state index is -0.553. The molecule has 1 heterocycles. The number of amides is 2. The largest absolute Gasteiger partial charge is 0.301 e. The zero-order valence-electron chi connectivity index (χ0n) is 14.8. The molecule has 7 nitrogen and oxygen atoms in total. The van der Waals surface area contributed by atoms with Crippen LogP contribution < -0.4 is 10.6 Å². The molecule has 3 rings (SSSR count). The number of aromatic nitrogens is 2. The molecular weight excluding hydrogens is 382 g/mol. The maximum atomic E-state index is 12.9. The van der Waals surface area contributed by atoms with Crippen LogP contribution in [0.2, 0.25) is 0 Å². The highest BCUT2D eigenvalue weighted by Crippen LogP contribution is 2.16. The quantitative estimate of drug-likeness (QED) is 0.620. The molecule has 0 spiro atoms. The summed E-state index contributed by atoms with van der Waals surface area (Å²) in [6.45, 7) is 0. The van der Waals surface area contributed by atoms with Crippen LogP contribution in [0, 0.1) is 11.6 Å². The Kier molecular flexibility index (Phi) is 6.21. The van der Waals surface area contributed by atoms with Gasteiger partial charge in [-0.25, -0.2) is 13.4 Å². The fourth-order valence-electron chi connectivity index (χ4n) is 2.16. The number of hydrogen-bond acceptors (Lipinski definition) is 5. The molecule has 0 aliphatic rings. The Hall–Kier alpha value is -4.14. The van der Waals surface area contributed by atoms with E-state index in [9.17, 15) is 18.4 Å². The number of hydrogen-bond donors (Lipinski definition) is 2. The molecule has 0 saturated heterocycles. The van der Waals surface area contributed by atoms with Crippen LogP contribution >= 0.6 is 0 Å². The molecule has 0 radical (unpaired) electrons. The molecule has 2 N–H and O–H groups in total. The molecule has 9 heteroatoms. The average Bonchev–Trinajstić information content (AvgIpc) is 3.13. The van der Waals surface area contributed by atoms with Crippen LogP contribution in [0.25, 0.3) is 12.2 Å². The SMILES string of the molecule is O=C(C=Cc1ccc(F)cc1)Nc1nonc1NC(=O)C=Cc1ccc(F)cc1. The predicted octanol–water partition coefficient (Wildman–Crippen LogP) is 3.65. The first-order valence-corrected chi connectivity index (χ1v) is 8.31. The first-order valence-electron chi connectivity index (χ1n) is 8.31. The molecule has 0 aliphatic heterocycles. The van der Waals surface area contributed by atoms with Crippen molar-refractivity contribution in [3.63, 3.8) is 0 Å². The van der Waals surface area contributed by atoms with E-state index in [4.69, 9.17) is 0 Å². The van der Waals surface area contributed by atoms with E-state index in [-0.39, 0.29) is 23.3 Å². The van der Waals surface area contributed by atoms with E-state index in [0.29, 0.717) is 11.1 Å². The Labute approximate surface area is 163 Å². The third-order valence-corrected chi connectivity index (χ3v) is 3.57. The van der Waals surface area contributed by atoms with Crippen LogP contribution in [0.3, 0.4) is 0 Å². The normalized spacial score (nSPS) is 11.1. The molecular formula is C20H14F2N4O3. The number of nitrogens with one attached hydrogen (secondary N) is 2. The summed E-state index contributed by atoms with van der Waals surface area (Å²) in [7, 11) is 0. The van der Waals surface area contributed by atoms with Gasteiger partial charge in [0.25, 0.3) is 0 Å². The van der Waals surface area contributed by atoms with Crippen LogP contribution in [-0.4, -0.2) is 22.1 Å². The summed E-state index contributed by atoms with van der Waals surface area (Å²) in [6, 6.07) is 11.1. The molecule has 0 fully saturated rings. The van der Waals surface area contributed by atoms with Gasteiger partial charge in [-0.15, -0.1) is 0 Å². The van der Waals surface area contributed by atoms with E-state index in [2.05, 4.69) is 25.6 Å². The van der Waals surface area contributed by atoms with Gasteiger partial charge in [0, 0.05) is 12.2 Å². The lowest BCUT2D eigenvalue weighted by atomic mass is 10.2. The van der Waals surface area contributed by atoms with Crippen LogP contribution in [0.1, 0.15) is 11.1 Å². The van der Waals surface area contributed by atoms with Crippen molar-refractivity contribution in [2.75, 3.05) is 10.6 Å². The molecule has 0 bridgehead atoms. The second-order valence-corrected chi connectivity index (χ2v) is 5.71. The van der Waals surface area contributed by atoms with Gasteiger partial charge in [-0.2, -0.15) is 0 Å². The molecule has 2 aromatic carbocycles. The van der Waals surface area contributed by atoms with Crippen LogP contribution in [-0.2, 0) is 9.59 Å². The second-order valence-electron chi connectivity index (χ2n) is 5.71. The monoisotopic (exact) mass is 396 g/mol. The Morgan fingerprint density at radius 1 is 0.724 bits per heavy atom. The lowest BCUT2D eigenvalue weighted by molar-refractivity contribution is -0.112. The van der Waals surface area contributed by atoms with Crippen molar-refractivity contribution >= 4 is 35.6 Å². The number of rotatable bonds is 6. The highest BCUT2D eigenvalue weighted by molar-refractivity contribution is 6.06. The van der Waals surface area contributed by atoms with Crippen molar-refractivity contribution in [3.05, 3.63) is 83.4 Å².